The Kier molecular flexibility index (Phi) is 4.12. The molecular formula is C16H23N3O2. The van der Waals surface area contributed by atoms with Crippen LogP contribution in [0.15, 0.2) is 24.3 Å². The largest absolute Gasteiger partial charge is 0.378 e. The summed E-state index contributed by atoms with van der Waals surface area (Å²) >= 11 is 0. The molecule has 0 radical (unpaired) electrons. The van der Waals surface area contributed by atoms with Gasteiger partial charge in [0, 0.05) is 31.0 Å². The highest BCUT2D eigenvalue weighted by atomic mass is 16.5. The highest BCUT2D eigenvalue weighted by Gasteiger charge is 2.36. The van der Waals surface area contributed by atoms with Crippen molar-refractivity contribution in [3.05, 3.63) is 24.3 Å². The number of carbonyl (C=O) groups is 1. The molecule has 2 aliphatic rings. The maximum absolute atomic E-state index is 12.3. The van der Waals surface area contributed by atoms with Crippen molar-refractivity contribution in [1.82, 2.24) is 5.32 Å². The number of carbonyl (C=O) groups excluding carboxylic acids is 1. The number of benzene rings is 1. The van der Waals surface area contributed by atoms with Gasteiger partial charge in [-0.2, -0.15) is 0 Å². The molecule has 1 aromatic rings. The monoisotopic (exact) mass is 289 g/mol. The normalized spacial score (nSPS) is 25.9. The van der Waals surface area contributed by atoms with E-state index in [0.29, 0.717) is 0 Å². The predicted octanol–water partition coefficient (Wildman–Crippen LogP) is 1.46. The van der Waals surface area contributed by atoms with Crippen molar-refractivity contribution in [3.8, 4) is 0 Å². The van der Waals surface area contributed by atoms with Gasteiger partial charge in [-0.1, -0.05) is 0 Å². The Morgan fingerprint density at radius 2 is 2.00 bits per heavy atom. The van der Waals surface area contributed by atoms with E-state index in [1.807, 2.05) is 19.1 Å². The van der Waals surface area contributed by atoms with E-state index in [2.05, 4.69) is 27.7 Å². The molecule has 3 rings (SSSR count). The van der Waals surface area contributed by atoms with Crippen molar-refractivity contribution >= 4 is 17.3 Å². The third kappa shape index (κ3) is 3.19. The van der Waals surface area contributed by atoms with E-state index in [1.165, 1.54) is 5.69 Å². The van der Waals surface area contributed by atoms with Crippen LogP contribution in [0.2, 0.25) is 0 Å². The third-order valence-electron chi connectivity index (χ3n) is 4.42. The number of hydrogen-bond acceptors (Lipinski definition) is 4. The Morgan fingerprint density at radius 1 is 1.29 bits per heavy atom. The first-order chi connectivity index (χ1) is 10.2. The summed E-state index contributed by atoms with van der Waals surface area (Å²) < 4.78 is 5.36. The van der Waals surface area contributed by atoms with Gasteiger partial charge in [-0.05, 0) is 44.2 Å². The minimum atomic E-state index is -0.289. The van der Waals surface area contributed by atoms with Crippen LogP contribution in [0, 0.1) is 5.41 Å². The summed E-state index contributed by atoms with van der Waals surface area (Å²) in [6, 6.07) is 8.09. The molecule has 0 spiro atoms. The van der Waals surface area contributed by atoms with Crippen LogP contribution in [0.25, 0.3) is 0 Å². The molecule has 5 heteroatoms. The fraction of sp³-hybridized carbons (Fsp3) is 0.562. The molecule has 5 nitrogen and oxygen atoms in total. The van der Waals surface area contributed by atoms with E-state index in [4.69, 9.17) is 4.74 Å². The Morgan fingerprint density at radius 3 is 2.62 bits per heavy atom. The standard InChI is InChI=1S/C16H23N3O2/c1-16(6-7-17-12-16)15(20)18-13-2-4-14(5-3-13)19-8-10-21-11-9-19/h2-5,17H,6-12H2,1H3,(H,18,20). The van der Waals surface area contributed by atoms with E-state index in [-0.39, 0.29) is 11.3 Å². The Hall–Kier alpha value is -1.59. The summed E-state index contributed by atoms with van der Waals surface area (Å²) in [6.45, 7) is 7.10. The number of nitrogens with zero attached hydrogens (tertiary/aromatic N) is 1. The topological polar surface area (TPSA) is 53.6 Å². The summed E-state index contributed by atoms with van der Waals surface area (Å²) in [4.78, 5) is 14.6. The second kappa shape index (κ2) is 6.03. The van der Waals surface area contributed by atoms with Crippen molar-refractivity contribution in [2.75, 3.05) is 49.6 Å². The van der Waals surface area contributed by atoms with Crippen LogP contribution in [-0.2, 0) is 9.53 Å². The van der Waals surface area contributed by atoms with Gasteiger partial charge in [0.05, 0.1) is 18.6 Å². The molecule has 2 fully saturated rings. The number of nitrogens with one attached hydrogen (secondary N) is 2. The molecule has 2 heterocycles. The lowest BCUT2D eigenvalue weighted by Gasteiger charge is -2.29. The number of anilines is 2. The smallest absolute Gasteiger partial charge is 0.231 e. The lowest BCUT2D eigenvalue weighted by Crippen LogP contribution is -2.36. The van der Waals surface area contributed by atoms with Crippen LogP contribution < -0.4 is 15.5 Å². The molecule has 1 unspecified atom stereocenters. The molecule has 2 saturated heterocycles. The lowest BCUT2D eigenvalue weighted by molar-refractivity contribution is -0.123. The number of ether oxygens (including phenoxy) is 1. The summed E-state index contributed by atoms with van der Waals surface area (Å²) in [7, 11) is 0. The molecule has 1 amide bonds. The SMILES string of the molecule is CC1(C(=O)Nc2ccc(N3CCOCC3)cc2)CCNC1. The highest BCUT2D eigenvalue weighted by Crippen LogP contribution is 2.27. The quantitative estimate of drug-likeness (QED) is 0.884. The molecule has 0 aliphatic carbocycles. The zero-order valence-corrected chi connectivity index (χ0v) is 12.5. The minimum absolute atomic E-state index is 0.103. The van der Waals surface area contributed by atoms with Crippen molar-refractivity contribution in [2.24, 2.45) is 5.41 Å². The van der Waals surface area contributed by atoms with Crippen LogP contribution in [0.4, 0.5) is 11.4 Å². The van der Waals surface area contributed by atoms with Gasteiger partial charge in [-0.3, -0.25) is 4.79 Å². The van der Waals surface area contributed by atoms with Gasteiger partial charge in [0.25, 0.3) is 0 Å². The minimum Gasteiger partial charge on any atom is -0.378 e. The number of hydrogen-bond donors (Lipinski definition) is 2. The van der Waals surface area contributed by atoms with Gasteiger partial charge < -0.3 is 20.3 Å². The summed E-state index contributed by atoms with van der Waals surface area (Å²) in [5, 5.41) is 6.28. The van der Waals surface area contributed by atoms with Gasteiger partial charge in [0.1, 0.15) is 0 Å². The summed E-state index contributed by atoms with van der Waals surface area (Å²) in [6.07, 6.45) is 0.894. The molecule has 0 bridgehead atoms. The first kappa shape index (κ1) is 14.4. The van der Waals surface area contributed by atoms with E-state index in [0.717, 1.165) is 51.5 Å². The van der Waals surface area contributed by atoms with E-state index < -0.39 is 0 Å². The molecule has 1 atom stereocenters. The molecule has 2 N–H and O–H groups in total. The molecule has 0 saturated carbocycles. The maximum atomic E-state index is 12.3. The van der Waals surface area contributed by atoms with Gasteiger partial charge in [0.15, 0.2) is 0 Å². The Labute approximate surface area is 125 Å². The van der Waals surface area contributed by atoms with Crippen LogP contribution in [0.3, 0.4) is 0 Å². The van der Waals surface area contributed by atoms with E-state index >= 15 is 0 Å². The Balaban J connectivity index is 1.62. The first-order valence-electron chi connectivity index (χ1n) is 7.62. The first-order valence-corrected chi connectivity index (χ1v) is 7.62. The average Bonchev–Trinajstić information content (AvgIpc) is 2.97. The van der Waals surface area contributed by atoms with Gasteiger partial charge >= 0.3 is 0 Å². The number of amides is 1. The van der Waals surface area contributed by atoms with Gasteiger partial charge in [0.2, 0.25) is 5.91 Å². The molecule has 1 aromatic carbocycles. The van der Waals surface area contributed by atoms with E-state index in [9.17, 15) is 4.79 Å². The van der Waals surface area contributed by atoms with Crippen LogP contribution in [-0.4, -0.2) is 45.3 Å². The Bertz CT molecular complexity index is 489. The lowest BCUT2D eigenvalue weighted by atomic mass is 9.89. The van der Waals surface area contributed by atoms with Gasteiger partial charge in [-0.25, -0.2) is 0 Å². The summed E-state index contributed by atoms with van der Waals surface area (Å²) in [5.74, 6) is 0.103. The van der Waals surface area contributed by atoms with Crippen LogP contribution in [0.5, 0.6) is 0 Å². The molecule has 0 aromatic heterocycles. The predicted molar refractivity (Wildman–Crippen MR) is 83.7 cm³/mol. The van der Waals surface area contributed by atoms with Gasteiger partial charge in [-0.15, -0.1) is 0 Å². The van der Waals surface area contributed by atoms with Crippen molar-refractivity contribution < 1.29 is 9.53 Å². The highest BCUT2D eigenvalue weighted by molar-refractivity contribution is 5.95. The molecular weight excluding hydrogens is 266 g/mol. The average molecular weight is 289 g/mol. The fourth-order valence-electron chi connectivity index (χ4n) is 2.87. The van der Waals surface area contributed by atoms with Crippen molar-refractivity contribution in [2.45, 2.75) is 13.3 Å². The number of morpholine rings is 1. The number of rotatable bonds is 3. The second-order valence-electron chi connectivity index (χ2n) is 6.09. The van der Waals surface area contributed by atoms with Crippen LogP contribution >= 0.6 is 0 Å². The summed E-state index contributed by atoms with van der Waals surface area (Å²) in [5.41, 5.74) is 1.76. The van der Waals surface area contributed by atoms with E-state index in [1.54, 1.807) is 0 Å². The molecule has 114 valence electrons. The maximum Gasteiger partial charge on any atom is 0.231 e. The van der Waals surface area contributed by atoms with Crippen molar-refractivity contribution in [3.63, 3.8) is 0 Å². The van der Waals surface area contributed by atoms with Crippen LogP contribution in [0.1, 0.15) is 13.3 Å². The zero-order valence-electron chi connectivity index (χ0n) is 12.5. The molecule has 2 aliphatic heterocycles. The molecule has 21 heavy (non-hydrogen) atoms. The van der Waals surface area contributed by atoms with Crippen molar-refractivity contribution in [1.29, 1.82) is 0 Å². The second-order valence-corrected chi connectivity index (χ2v) is 6.09. The fourth-order valence-corrected chi connectivity index (χ4v) is 2.87. The third-order valence-corrected chi connectivity index (χ3v) is 4.42. The zero-order chi connectivity index (χ0) is 14.7.